The highest BCUT2D eigenvalue weighted by atomic mass is 16.5. The Balaban J connectivity index is 1.97. The van der Waals surface area contributed by atoms with E-state index in [0.29, 0.717) is 6.61 Å². The number of hydrogen-bond acceptors (Lipinski definition) is 3. The number of hydrogen-bond donors (Lipinski definition) is 1. The third-order valence-electron chi connectivity index (χ3n) is 3.33. The van der Waals surface area contributed by atoms with Gasteiger partial charge in [0.2, 0.25) is 0 Å². The molecule has 0 unspecified atom stereocenters. The van der Waals surface area contributed by atoms with Gasteiger partial charge in [0.15, 0.2) is 5.78 Å². The Labute approximate surface area is 114 Å². The van der Waals surface area contributed by atoms with Crippen LogP contribution in [0.5, 0.6) is 5.75 Å². The number of piperidine rings is 1. The standard InChI is InChI=1S/C16H21NO2/c1-12(2)11-19-15-5-3-13(4-6-15)16(18)14-7-9-17-10-8-14/h3-6,14,17H,1,7-11H2,2H3. The Hall–Kier alpha value is -1.61. The van der Waals surface area contributed by atoms with Crippen molar-refractivity contribution in [1.82, 2.24) is 5.32 Å². The Morgan fingerprint density at radius 3 is 2.53 bits per heavy atom. The Morgan fingerprint density at radius 2 is 1.95 bits per heavy atom. The van der Waals surface area contributed by atoms with Gasteiger partial charge in [0, 0.05) is 11.5 Å². The number of ketones is 1. The van der Waals surface area contributed by atoms with Crippen LogP contribution >= 0.6 is 0 Å². The van der Waals surface area contributed by atoms with Crippen LogP contribution in [0.4, 0.5) is 0 Å². The van der Waals surface area contributed by atoms with Crippen molar-refractivity contribution in [2.75, 3.05) is 19.7 Å². The molecule has 3 heteroatoms. The first-order valence-electron chi connectivity index (χ1n) is 6.79. The summed E-state index contributed by atoms with van der Waals surface area (Å²) in [6, 6.07) is 7.44. The molecule has 1 N–H and O–H groups in total. The molecule has 0 saturated carbocycles. The van der Waals surface area contributed by atoms with E-state index in [1.807, 2.05) is 31.2 Å². The number of nitrogens with one attached hydrogen (secondary N) is 1. The molecule has 1 aromatic carbocycles. The zero-order chi connectivity index (χ0) is 13.7. The SMILES string of the molecule is C=C(C)COc1ccc(C(=O)C2CCNCC2)cc1. The van der Waals surface area contributed by atoms with E-state index in [0.717, 1.165) is 42.8 Å². The van der Waals surface area contributed by atoms with Crippen LogP contribution in [0.2, 0.25) is 0 Å². The fourth-order valence-electron chi connectivity index (χ4n) is 2.24. The zero-order valence-electron chi connectivity index (χ0n) is 11.4. The van der Waals surface area contributed by atoms with Crippen molar-refractivity contribution in [1.29, 1.82) is 0 Å². The molecule has 0 amide bonds. The van der Waals surface area contributed by atoms with E-state index < -0.39 is 0 Å². The number of Topliss-reactive ketones (excluding diaryl/α,β-unsaturated/α-hetero) is 1. The second-order valence-corrected chi connectivity index (χ2v) is 5.16. The van der Waals surface area contributed by atoms with Crippen LogP contribution in [0.15, 0.2) is 36.4 Å². The molecule has 1 aliphatic heterocycles. The number of carbonyl (C=O) groups excluding carboxylic acids is 1. The van der Waals surface area contributed by atoms with Crippen LogP contribution in [0.25, 0.3) is 0 Å². The number of benzene rings is 1. The third-order valence-corrected chi connectivity index (χ3v) is 3.33. The maximum atomic E-state index is 12.3. The van der Waals surface area contributed by atoms with Crippen molar-refractivity contribution in [3.05, 3.63) is 42.0 Å². The summed E-state index contributed by atoms with van der Waals surface area (Å²) in [6.45, 7) is 8.11. The minimum atomic E-state index is 0.170. The van der Waals surface area contributed by atoms with Gasteiger partial charge >= 0.3 is 0 Å². The molecule has 102 valence electrons. The molecule has 1 fully saturated rings. The van der Waals surface area contributed by atoms with E-state index in [9.17, 15) is 4.79 Å². The fourth-order valence-corrected chi connectivity index (χ4v) is 2.24. The average molecular weight is 259 g/mol. The van der Waals surface area contributed by atoms with Gasteiger partial charge in [0.05, 0.1) is 0 Å². The van der Waals surface area contributed by atoms with Gasteiger partial charge in [0.25, 0.3) is 0 Å². The quantitative estimate of drug-likeness (QED) is 0.652. The summed E-state index contributed by atoms with van der Waals surface area (Å²) in [6.07, 6.45) is 1.87. The third kappa shape index (κ3) is 3.93. The predicted molar refractivity (Wildman–Crippen MR) is 76.7 cm³/mol. The highest BCUT2D eigenvalue weighted by Crippen LogP contribution is 2.20. The Morgan fingerprint density at radius 1 is 1.32 bits per heavy atom. The summed E-state index contributed by atoms with van der Waals surface area (Å²) in [5.74, 6) is 1.21. The fraction of sp³-hybridized carbons (Fsp3) is 0.438. The van der Waals surface area contributed by atoms with Crippen LogP contribution in [0.3, 0.4) is 0 Å². The first-order chi connectivity index (χ1) is 9.16. The topological polar surface area (TPSA) is 38.3 Å². The predicted octanol–water partition coefficient (Wildman–Crippen LogP) is 2.82. The van der Waals surface area contributed by atoms with Crippen LogP contribution in [-0.4, -0.2) is 25.5 Å². The van der Waals surface area contributed by atoms with Crippen molar-refractivity contribution in [3.8, 4) is 5.75 Å². The van der Waals surface area contributed by atoms with Crippen LogP contribution in [0, 0.1) is 5.92 Å². The Kier molecular flexibility index (Phi) is 4.74. The molecule has 1 saturated heterocycles. The lowest BCUT2D eigenvalue weighted by Gasteiger charge is -2.21. The molecule has 1 aliphatic rings. The smallest absolute Gasteiger partial charge is 0.166 e. The van der Waals surface area contributed by atoms with E-state index in [1.54, 1.807) is 0 Å². The van der Waals surface area contributed by atoms with Gasteiger partial charge in [-0.05, 0) is 62.7 Å². The summed E-state index contributed by atoms with van der Waals surface area (Å²) in [5, 5.41) is 3.28. The first kappa shape index (κ1) is 13.8. The number of carbonyl (C=O) groups is 1. The second kappa shape index (κ2) is 6.53. The van der Waals surface area contributed by atoms with Gasteiger partial charge in [-0.1, -0.05) is 6.58 Å². The average Bonchev–Trinajstić information content (AvgIpc) is 2.46. The lowest BCUT2D eigenvalue weighted by molar-refractivity contribution is 0.0895. The lowest BCUT2D eigenvalue weighted by atomic mass is 9.90. The molecule has 0 aliphatic carbocycles. The number of rotatable bonds is 5. The summed E-state index contributed by atoms with van der Waals surface area (Å²) < 4.78 is 5.53. The van der Waals surface area contributed by atoms with E-state index in [4.69, 9.17) is 4.74 Å². The summed E-state index contributed by atoms with van der Waals surface area (Å²) >= 11 is 0. The van der Waals surface area contributed by atoms with Gasteiger partial charge < -0.3 is 10.1 Å². The monoisotopic (exact) mass is 259 g/mol. The molecular formula is C16H21NO2. The van der Waals surface area contributed by atoms with Crippen LogP contribution in [-0.2, 0) is 0 Å². The molecule has 0 spiro atoms. The zero-order valence-corrected chi connectivity index (χ0v) is 11.4. The van der Waals surface area contributed by atoms with E-state index in [-0.39, 0.29) is 11.7 Å². The van der Waals surface area contributed by atoms with E-state index in [2.05, 4.69) is 11.9 Å². The van der Waals surface area contributed by atoms with Gasteiger partial charge in [-0.15, -0.1) is 0 Å². The summed E-state index contributed by atoms with van der Waals surface area (Å²) in [5.41, 5.74) is 1.77. The molecule has 1 aromatic rings. The molecule has 2 rings (SSSR count). The molecule has 1 heterocycles. The maximum Gasteiger partial charge on any atom is 0.166 e. The molecule has 0 radical (unpaired) electrons. The van der Waals surface area contributed by atoms with Crippen molar-refractivity contribution < 1.29 is 9.53 Å². The van der Waals surface area contributed by atoms with Crippen LogP contribution in [0.1, 0.15) is 30.1 Å². The summed E-state index contributed by atoms with van der Waals surface area (Å²) in [4.78, 5) is 12.3. The highest BCUT2D eigenvalue weighted by molar-refractivity contribution is 5.98. The van der Waals surface area contributed by atoms with E-state index in [1.165, 1.54) is 0 Å². The lowest BCUT2D eigenvalue weighted by Crippen LogP contribution is -2.31. The minimum Gasteiger partial charge on any atom is -0.489 e. The minimum absolute atomic E-state index is 0.170. The molecular weight excluding hydrogens is 238 g/mol. The van der Waals surface area contributed by atoms with Gasteiger partial charge in [-0.2, -0.15) is 0 Å². The van der Waals surface area contributed by atoms with Gasteiger partial charge in [-0.25, -0.2) is 0 Å². The number of ether oxygens (including phenoxy) is 1. The maximum absolute atomic E-state index is 12.3. The van der Waals surface area contributed by atoms with Crippen LogP contribution < -0.4 is 10.1 Å². The van der Waals surface area contributed by atoms with Crippen molar-refractivity contribution in [2.45, 2.75) is 19.8 Å². The van der Waals surface area contributed by atoms with Gasteiger partial charge in [0.1, 0.15) is 12.4 Å². The van der Waals surface area contributed by atoms with Crippen molar-refractivity contribution >= 4 is 5.78 Å². The highest BCUT2D eigenvalue weighted by Gasteiger charge is 2.21. The van der Waals surface area contributed by atoms with E-state index >= 15 is 0 Å². The largest absolute Gasteiger partial charge is 0.489 e. The molecule has 19 heavy (non-hydrogen) atoms. The molecule has 3 nitrogen and oxygen atoms in total. The molecule has 0 atom stereocenters. The normalized spacial score (nSPS) is 16.1. The van der Waals surface area contributed by atoms with Gasteiger partial charge in [-0.3, -0.25) is 4.79 Å². The van der Waals surface area contributed by atoms with Crippen molar-refractivity contribution in [2.24, 2.45) is 5.92 Å². The molecule has 0 bridgehead atoms. The van der Waals surface area contributed by atoms with Crippen molar-refractivity contribution in [3.63, 3.8) is 0 Å². The second-order valence-electron chi connectivity index (χ2n) is 5.16. The first-order valence-corrected chi connectivity index (χ1v) is 6.79. The summed E-state index contributed by atoms with van der Waals surface area (Å²) in [7, 11) is 0. The Bertz CT molecular complexity index is 444. The molecule has 0 aromatic heterocycles.